The number of rotatable bonds is 1. The number of H-pyrrole nitrogens is 1. The Balaban J connectivity index is 2.20. The molecule has 3 rings (SSSR count). The highest BCUT2D eigenvalue weighted by atomic mass is 32.1. The number of nitrogens with one attached hydrogen (secondary N) is 1. The van der Waals surface area contributed by atoms with Crippen molar-refractivity contribution in [3.05, 3.63) is 10.5 Å². The summed E-state index contributed by atoms with van der Waals surface area (Å²) in [6.45, 7) is 5.17. The third-order valence-electron chi connectivity index (χ3n) is 3.09. The van der Waals surface area contributed by atoms with E-state index in [4.69, 9.17) is 17.0 Å². The summed E-state index contributed by atoms with van der Waals surface area (Å²) in [7, 11) is 1.94. The van der Waals surface area contributed by atoms with E-state index >= 15 is 0 Å². The number of aryl methyl sites for hydroxylation is 2. The van der Waals surface area contributed by atoms with Crippen molar-refractivity contribution in [1.82, 2.24) is 19.4 Å². The fourth-order valence-electron chi connectivity index (χ4n) is 2.31. The van der Waals surface area contributed by atoms with Gasteiger partial charge in [-0.1, -0.05) is 0 Å². The van der Waals surface area contributed by atoms with Gasteiger partial charge in [0.25, 0.3) is 0 Å². The van der Waals surface area contributed by atoms with Crippen LogP contribution in [0.4, 0.5) is 0 Å². The van der Waals surface area contributed by atoms with Gasteiger partial charge in [-0.2, -0.15) is 5.10 Å². The molecule has 92 valence electrons. The monoisotopic (exact) mass is 253 g/mol. The van der Waals surface area contributed by atoms with Crippen LogP contribution in [0.25, 0.3) is 11.2 Å². The maximum Gasteiger partial charge on any atom is 0.198 e. The predicted molar refractivity (Wildman–Crippen MR) is 67.4 cm³/mol. The van der Waals surface area contributed by atoms with E-state index in [1.54, 1.807) is 0 Å². The molecule has 0 aliphatic carbocycles. The molecule has 0 amide bonds. The maximum absolute atomic E-state index is 5.39. The molecule has 3 heterocycles. The smallest absolute Gasteiger partial charge is 0.198 e. The molecule has 0 atom stereocenters. The third kappa shape index (κ3) is 1.57. The van der Waals surface area contributed by atoms with Gasteiger partial charge in [0.1, 0.15) is 5.52 Å². The van der Waals surface area contributed by atoms with Gasteiger partial charge in [0, 0.05) is 7.05 Å². The van der Waals surface area contributed by atoms with Crippen molar-refractivity contribution in [2.24, 2.45) is 7.05 Å². The molecule has 17 heavy (non-hydrogen) atoms. The van der Waals surface area contributed by atoms with Gasteiger partial charge in [-0.05, 0) is 19.1 Å². The number of aromatic nitrogens is 4. The molecular formula is C10H15N5OS. The number of nitrogens with zero attached hydrogens (tertiary/aromatic N) is 4. The van der Waals surface area contributed by atoms with Gasteiger partial charge in [0.2, 0.25) is 0 Å². The molecule has 1 saturated heterocycles. The normalized spacial score (nSPS) is 16.9. The lowest BCUT2D eigenvalue weighted by Crippen LogP contribution is -2.44. The number of aromatic amines is 1. The first-order chi connectivity index (χ1) is 8.18. The van der Waals surface area contributed by atoms with Crippen molar-refractivity contribution in [3.8, 4) is 0 Å². The minimum Gasteiger partial charge on any atom is -0.378 e. The van der Waals surface area contributed by atoms with E-state index in [0.717, 1.165) is 47.9 Å². The molecule has 2 aromatic rings. The van der Waals surface area contributed by atoms with Crippen LogP contribution in [0.1, 0.15) is 5.69 Å². The Morgan fingerprint density at radius 3 is 2.76 bits per heavy atom. The van der Waals surface area contributed by atoms with Gasteiger partial charge in [-0.15, -0.1) is 0 Å². The van der Waals surface area contributed by atoms with Crippen molar-refractivity contribution in [1.29, 1.82) is 0 Å². The number of hydrogen-bond acceptors (Lipinski definition) is 4. The highest BCUT2D eigenvalue weighted by molar-refractivity contribution is 7.71. The standard InChI is InChI=1S/C10H15N5OS/c1-7-8-9(13(2)12-7)15(10(17)11-8)14-3-5-16-6-4-14/h3-6H2,1-2H3,(H,11,17). The van der Waals surface area contributed by atoms with Gasteiger partial charge in [0.05, 0.1) is 32.0 Å². The Kier molecular flexibility index (Phi) is 2.44. The number of imidazole rings is 1. The molecule has 0 bridgehead atoms. The van der Waals surface area contributed by atoms with Crippen LogP contribution in [0.2, 0.25) is 0 Å². The maximum atomic E-state index is 5.39. The average Bonchev–Trinajstić information content (AvgIpc) is 2.79. The summed E-state index contributed by atoms with van der Waals surface area (Å²) in [4.78, 5) is 3.23. The Hall–Kier alpha value is -1.34. The first-order valence-corrected chi connectivity index (χ1v) is 6.06. The second kappa shape index (κ2) is 3.85. The zero-order valence-corrected chi connectivity index (χ0v) is 10.8. The molecule has 0 aromatic carbocycles. The molecule has 0 unspecified atom stereocenters. The van der Waals surface area contributed by atoms with Gasteiger partial charge >= 0.3 is 0 Å². The highest BCUT2D eigenvalue weighted by Crippen LogP contribution is 2.17. The van der Waals surface area contributed by atoms with Crippen molar-refractivity contribution in [2.45, 2.75) is 6.92 Å². The second-order valence-corrected chi connectivity index (χ2v) is 4.60. The van der Waals surface area contributed by atoms with E-state index in [1.807, 2.05) is 23.3 Å². The van der Waals surface area contributed by atoms with Gasteiger partial charge in [-0.25, -0.2) is 9.36 Å². The lowest BCUT2D eigenvalue weighted by atomic mass is 10.4. The summed E-state index contributed by atoms with van der Waals surface area (Å²) in [5.74, 6) is 0. The van der Waals surface area contributed by atoms with Gasteiger partial charge < -0.3 is 14.7 Å². The summed E-state index contributed by atoms with van der Waals surface area (Å²) < 4.78 is 9.99. The van der Waals surface area contributed by atoms with Gasteiger partial charge in [0.15, 0.2) is 10.4 Å². The van der Waals surface area contributed by atoms with Gasteiger partial charge in [-0.3, -0.25) is 0 Å². The molecule has 0 saturated carbocycles. The Bertz CT molecular complexity index is 604. The summed E-state index contributed by atoms with van der Waals surface area (Å²) >= 11 is 5.39. The van der Waals surface area contributed by atoms with Crippen molar-refractivity contribution in [3.63, 3.8) is 0 Å². The van der Waals surface area contributed by atoms with Crippen LogP contribution in [-0.2, 0) is 11.8 Å². The number of hydrogen-bond donors (Lipinski definition) is 1. The van der Waals surface area contributed by atoms with Crippen LogP contribution in [0.3, 0.4) is 0 Å². The summed E-state index contributed by atoms with van der Waals surface area (Å²) in [5.41, 5.74) is 3.01. The first kappa shape index (κ1) is 10.8. The van der Waals surface area contributed by atoms with Crippen LogP contribution < -0.4 is 5.01 Å². The zero-order chi connectivity index (χ0) is 12.0. The van der Waals surface area contributed by atoms with Crippen LogP contribution >= 0.6 is 12.2 Å². The fraction of sp³-hybridized carbons (Fsp3) is 0.600. The third-order valence-corrected chi connectivity index (χ3v) is 3.36. The summed E-state index contributed by atoms with van der Waals surface area (Å²) in [6, 6.07) is 0. The van der Waals surface area contributed by atoms with Crippen molar-refractivity contribution in [2.75, 3.05) is 31.3 Å². The first-order valence-electron chi connectivity index (χ1n) is 5.66. The van der Waals surface area contributed by atoms with Crippen LogP contribution in [0.5, 0.6) is 0 Å². The van der Waals surface area contributed by atoms with E-state index in [1.165, 1.54) is 0 Å². The molecule has 7 heteroatoms. The molecule has 1 N–H and O–H groups in total. The largest absolute Gasteiger partial charge is 0.378 e. The molecule has 6 nitrogen and oxygen atoms in total. The van der Waals surface area contributed by atoms with Crippen molar-refractivity contribution < 1.29 is 4.74 Å². The van der Waals surface area contributed by atoms with E-state index in [-0.39, 0.29) is 0 Å². The summed E-state index contributed by atoms with van der Waals surface area (Å²) in [6.07, 6.45) is 0. The van der Waals surface area contributed by atoms with E-state index < -0.39 is 0 Å². The molecule has 1 fully saturated rings. The SMILES string of the molecule is Cc1nn(C)c2c1[nH]c(=S)n2N1CCOCC1. The molecule has 2 aromatic heterocycles. The zero-order valence-electron chi connectivity index (χ0n) is 9.93. The predicted octanol–water partition coefficient (Wildman–Crippen LogP) is 0.709. The quantitative estimate of drug-likeness (QED) is 0.761. The minimum atomic E-state index is 0.720. The van der Waals surface area contributed by atoms with E-state index in [9.17, 15) is 0 Å². The van der Waals surface area contributed by atoms with Crippen LogP contribution in [-0.4, -0.2) is 45.7 Å². The van der Waals surface area contributed by atoms with Crippen LogP contribution in [0, 0.1) is 11.7 Å². The molecular weight excluding hydrogens is 238 g/mol. The molecule has 0 radical (unpaired) electrons. The average molecular weight is 253 g/mol. The Labute approximate surface area is 104 Å². The minimum absolute atomic E-state index is 0.720. The molecule has 1 aliphatic heterocycles. The second-order valence-electron chi connectivity index (χ2n) is 4.22. The number of morpholine rings is 1. The van der Waals surface area contributed by atoms with Crippen molar-refractivity contribution >= 4 is 23.4 Å². The Morgan fingerprint density at radius 2 is 2.06 bits per heavy atom. The molecule has 0 spiro atoms. The highest BCUT2D eigenvalue weighted by Gasteiger charge is 2.18. The lowest BCUT2D eigenvalue weighted by molar-refractivity contribution is 0.111. The van der Waals surface area contributed by atoms with E-state index in [0.29, 0.717) is 0 Å². The Morgan fingerprint density at radius 1 is 1.35 bits per heavy atom. The lowest BCUT2D eigenvalue weighted by Gasteiger charge is -2.29. The van der Waals surface area contributed by atoms with E-state index in [2.05, 4.69) is 15.1 Å². The summed E-state index contributed by atoms with van der Waals surface area (Å²) in [5, 5.41) is 6.61. The number of fused-ring (bicyclic) bond motifs is 1. The number of ether oxygens (including phenoxy) is 1. The van der Waals surface area contributed by atoms with Crippen LogP contribution in [0.15, 0.2) is 0 Å². The fourth-order valence-corrected chi connectivity index (χ4v) is 2.61. The topological polar surface area (TPSA) is 51.0 Å². The molecule has 1 aliphatic rings.